The van der Waals surface area contributed by atoms with Crippen molar-refractivity contribution in [2.45, 2.75) is 0 Å². The lowest BCUT2D eigenvalue weighted by Crippen LogP contribution is -1.94. The van der Waals surface area contributed by atoms with Crippen molar-refractivity contribution in [2.24, 2.45) is 0 Å². The van der Waals surface area contributed by atoms with Crippen molar-refractivity contribution in [3.63, 3.8) is 0 Å². The van der Waals surface area contributed by atoms with Crippen LogP contribution in [0.25, 0.3) is 10.9 Å². The number of aromatic nitrogens is 1. The van der Waals surface area contributed by atoms with Gasteiger partial charge in [0.05, 0.1) is 5.02 Å². The summed E-state index contributed by atoms with van der Waals surface area (Å²) in [5.41, 5.74) is 2.13. The maximum Gasteiger partial charge on any atom is 0.352 e. The molecule has 3 rings (SSSR count). The molecule has 0 atom stereocenters. The number of halogens is 2. The highest BCUT2D eigenvalue weighted by atomic mass is 35.5. The Bertz CT molecular complexity index is 845. The van der Waals surface area contributed by atoms with Crippen LogP contribution in [0.2, 0.25) is 5.02 Å². The number of aromatic carboxylic acids is 1. The molecule has 0 fully saturated rings. The third-order valence-electron chi connectivity index (χ3n) is 3.09. The summed E-state index contributed by atoms with van der Waals surface area (Å²) in [4.78, 5) is 13.8. The number of carbonyl (C=O) groups is 1. The van der Waals surface area contributed by atoms with E-state index in [4.69, 9.17) is 16.7 Å². The van der Waals surface area contributed by atoms with Crippen molar-refractivity contribution in [3.05, 3.63) is 59.0 Å². The van der Waals surface area contributed by atoms with E-state index >= 15 is 0 Å². The lowest BCUT2D eigenvalue weighted by Gasteiger charge is -2.08. The van der Waals surface area contributed by atoms with Gasteiger partial charge in [-0.2, -0.15) is 0 Å². The van der Waals surface area contributed by atoms with Gasteiger partial charge >= 0.3 is 5.97 Å². The summed E-state index contributed by atoms with van der Waals surface area (Å²) < 4.78 is 13.2. The Hall–Kier alpha value is -2.53. The molecule has 106 valence electrons. The van der Waals surface area contributed by atoms with Crippen molar-refractivity contribution in [2.75, 3.05) is 5.32 Å². The monoisotopic (exact) mass is 304 g/mol. The molecule has 0 amide bonds. The summed E-state index contributed by atoms with van der Waals surface area (Å²) in [6.07, 6.45) is 0. The maximum absolute atomic E-state index is 13.2. The number of hydrogen-bond acceptors (Lipinski definition) is 2. The summed E-state index contributed by atoms with van der Waals surface area (Å²) in [6, 6.07) is 11.2. The van der Waals surface area contributed by atoms with Crippen LogP contribution in [0.4, 0.5) is 15.8 Å². The van der Waals surface area contributed by atoms with E-state index in [1.807, 2.05) is 0 Å². The van der Waals surface area contributed by atoms with Gasteiger partial charge in [0.1, 0.15) is 11.5 Å². The molecule has 0 aliphatic carbocycles. The Balaban J connectivity index is 2.03. The predicted molar refractivity (Wildman–Crippen MR) is 80.0 cm³/mol. The van der Waals surface area contributed by atoms with E-state index in [1.54, 1.807) is 30.3 Å². The van der Waals surface area contributed by atoms with Crippen molar-refractivity contribution in [1.29, 1.82) is 0 Å². The van der Waals surface area contributed by atoms with Gasteiger partial charge in [0.25, 0.3) is 0 Å². The number of fused-ring (bicyclic) bond motifs is 1. The minimum Gasteiger partial charge on any atom is -0.477 e. The van der Waals surface area contributed by atoms with Crippen molar-refractivity contribution >= 4 is 39.8 Å². The Morgan fingerprint density at radius 3 is 2.76 bits per heavy atom. The number of carboxylic acids is 1. The molecule has 0 unspecified atom stereocenters. The van der Waals surface area contributed by atoms with Gasteiger partial charge < -0.3 is 15.4 Å². The number of H-pyrrole nitrogens is 1. The number of benzene rings is 2. The van der Waals surface area contributed by atoms with Crippen LogP contribution in [-0.4, -0.2) is 16.1 Å². The molecule has 0 radical (unpaired) electrons. The number of aromatic amines is 1. The molecule has 1 heterocycles. The highest BCUT2D eigenvalue weighted by Crippen LogP contribution is 2.28. The Labute approximate surface area is 124 Å². The van der Waals surface area contributed by atoms with Gasteiger partial charge in [-0.3, -0.25) is 0 Å². The van der Waals surface area contributed by atoms with E-state index in [-0.39, 0.29) is 10.7 Å². The van der Waals surface area contributed by atoms with E-state index in [2.05, 4.69) is 10.3 Å². The second-order valence-electron chi connectivity index (χ2n) is 4.51. The molecule has 0 aliphatic heterocycles. The number of nitrogens with one attached hydrogen (secondary N) is 2. The Kier molecular flexibility index (Phi) is 3.27. The molecule has 21 heavy (non-hydrogen) atoms. The van der Waals surface area contributed by atoms with Gasteiger partial charge in [0.15, 0.2) is 0 Å². The molecule has 3 N–H and O–H groups in total. The molecule has 0 aliphatic rings. The van der Waals surface area contributed by atoms with Crippen molar-refractivity contribution in [3.8, 4) is 0 Å². The summed E-state index contributed by atoms with van der Waals surface area (Å²) in [5, 5.41) is 12.9. The lowest BCUT2D eigenvalue weighted by atomic mass is 10.2. The first-order chi connectivity index (χ1) is 10.0. The topological polar surface area (TPSA) is 65.1 Å². The molecule has 1 aromatic heterocycles. The first-order valence-electron chi connectivity index (χ1n) is 6.12. The first kappa shape index (κ1) is 13.5. The van der Waals surface area contributed by atoms with Gasteiger partial charge in [0, 0.05) is 22.3 Å². The molecule has 4 nitrogen and oxygen atoms in total. The van der Waals surface area contributed by atoms with E-state index in [9.17, 15) is 9.18 Å². The molecule has 3 aromatic rings. The SMILES string of the molecule is O=C(O)c1cc2c(Nc3ccc(F)c(Cl)c3)cccc2[nH]1. The standard InChI is InChI=1S/C15H10ClFN2O2/c16-10-6-8(4-5-11(10)17)18-12-2-1-3-13-9(12)7-14(19-13)15(20)21/h1-7,18-19H,(H,20,21). The van der Waals surface area contributed by atoms with Crippen LogP contribution in [0.5, 0.6) is 0 Å². The van der Waals surface area contributed by atoms with Crippen molar-refractivity contribution in [1.82, 2.24) is 4.98 Å². The number of hydrogen-bond donors (Lipinski definition) is 3. The number of carboxylic acid groups (broad SMARTS) is 1. The summed E-state index contributed by atoms with van der Waals surface area (Å²) in [7, 11) is 0. The van der Waals surface area contributed by atoms with E-state index in [0.717, 1.165) is 5.39 Å². The molecule has 0 spiro atoms. The van der Waals surface area contributed by atoms with Crippen LogP contribution in [-0.2, 0) is 0 Å². The highest BCUT2D eigenvalue weighted by molar-refractivity contribution is 6.31. The molecule has 0 saturated heterocycles. The van der Waals surface area contributed by atoms with Crippen LogP contribution in [0.3, 0.4) is 0 Å². The van der Waals surface area contributed by atoms with Crippen LogP contribution in [0, 0.1) is 5.82 Å². The van der Waals surface area contributed by atoms with Crippen LogP contribution >= 0.6 is 11.6 Å². The lowest BCUT2D eigenvalue weighted by molar-refractivity contribution is 0.0691. The van der Waals surface area contributed by atoms with Crippen LogP contribution in [0.15, 0.2) is 42.5 Å². The van der Waals surface area contributed by atoms with E-state index in [1.165, 1.54) is 12.1 Å². The molecular weight excluding hydrogens is 295 g/mol. The molecular formula is C15H10ClFN2O2. The fraction of sp³-hybridized carbons (Fsp3) is 0. The molecule has 0 saturated carbocycles. The summed E-state index contributed by atoms with van der Waals surface area (Å²) in [5.74, 6) is -1.52. The Morgan fingerprint density at radius 2 is 2.05 bits per heavy atom. The van der Waals surface area contributed by atoms with Gasteiger partial charge in [-0.1, -0.05) is 17.7 Å². The highest BCUT2D eigenvalue weighted by Gasteiger charge is 2.10. The average molecular weight is 305 g/mol. The van der Waals surface area contributed by atoms with Crippen LogP contribution in [0.1, 0.15) is 10.5 Å². The zero-order chi connectivity index (χ0) is 15.0. The average Bonchev–Trinajstić information content (AvgIpc) is 2.88. The normalized spacial score (nSPS) is 10.8. The predicted octanol–water partition coefficient (Wildman–Crippen LogP) is 4.40. The fourth-order valence-corrected chi connectivity index (χ4v) is 2.29. The second kappa shape index (κ2) is 5.10. The zero-order valence-corrected chi connectivity index (χ0v) is 11.4. The quantitative estimate of drug-likeness (QED) is 0.672. The largest absolute Gasteiger partial charge is 0.477 e. The molecule has 2 aromatic carbocycles. The van der Waals surface area contributed by atoms with Gasteiger partial charge in [0.2, 0.25) is 0 Å². The second-order valence-corrected chi connectivity index (χ2v) is 4.92. The van der Waals surface area contributed by atoms with Crippen molar-refractivity contribution < 1.29 is 14.3 Å². The summed E-state index contributed by atoms with van der Waals surface area (Å²) in [6.45, 7) is 0. The minimum atomic E-state index is -1.03. The van der Waals surface area contributed by atoms with Gasteiger partial charge in [-0.25, -0.2) is 9.18 Å². The third-order valence-corrected chi connectivity index (χ3v) is 3.38. The third kappa shape index (κ3) is 2.55. The number of rotatable bonds is 3. The first-order valence-corrected chi connectivity index (χ1v) is 6.49. The van der Waals surface area contributed by atoms with E-state index in [0.29, 0.717) is 16.9 Å². The maximum atomic E-state index is 13.2. The van der Waals surface area contributed by atoms with Crippen LogP contribution < -0.4 is 5.32 Å². The summed E-state index contributed by atoms with van der Waals surface area (Å²) >= 11 is 5.75. The zero-order valence-electron chi connectivity index (χ0n) is 10.7. The Morgan fingerprint density at radius 1 is 1.24 bits per heavy atom. The van der Waals surface area contributed by atoms with Gasteiger partial charge in [-0.15, -0.1) is 0 Å². The molecule has 0 bridgehead atoms. The number of anilines is 2. The van der Waals surface area contributed by atoms with E-state index < -0.39 is 11.8 Å². The fourth-order valence-electron chi connectivity index (χ4n) is 2.11. The minimum absolute atomic E-state index is 0.0208. The van der Waals surface area contributed by atoms with Gasteiger partial charge in [-0.05, 0) is 36.4 Å². The molecule has 6 heteroatoms. The smallest absolute Gasteiger partial charge is 0.352 e.